The van der Waals surface area contributed by atoms with Gasteiger partial charge in [-0.15, -0.1) is 0 Å². The second-order valence-electron chi connectivity index (χ2n) is 5.10. The second-order valence-corrected chi connectivity index (χ2v) is 5.96. The molecule has 2 aromatic rings. The smallest absolute Gasteiger partial charge is 0.325 e. The van der Waals surface area contributed by atoms with Gasteiger partial charge in [-0.1, -0.05) is 30.3 Å². The van der Waals surface area contributed by atoms with Gasteiger partial charge in [-0.3, -0.25) is 10.1 Å². The number of carbonyl (C=O) groups is 1. The van der Waals surface area contributed by atoms with Gasteiger partial charge in [0, 0.05) is 6.54 Å². The molecule has 0 heterocycles. The first-order chi connectivity index (χ1) is 11.6. The first-order valence-electron chi connectivity index (χ1n) is 7.57. The van der Waals surface area contributed by atoms with E-state index in [1.54, 1.807) is 19.2 Å². The zero-order chi connectivity index (χ0) is 17.5. The van der Waals surface area contributed by atoms with Crippen molar-refractivity contribution in [1.82, 2.24) is 5.32 Å². The van der Waals surface area contributed by atoms with Crippen LogP contribution in [-0.4, -0.2) is 24.8 Å². The van der Waals surface area contributed by atoms with E-state index >= 15 is 0 Å². The Hall–Kier alpha value is -2.05. The highest BCUT2D eigenvalue weighted by Gasteiger charge is 2.19. The second kappa shape index (κ2) is 8.70. The predicted molar refractivity (Wildman–Crippen MR) is 95.5 cm³/mol. The first kappa shape index (κ1) is 18.3. The van der Waals surface area contributed by atoms with Crippen LogP contribution in [-0.2, 0) is 11.3 Å². The molecular formula is C18H20BrNO4. The molecule has 0 saturated heterocycles. The van der Waals surface area contributed by atoms with Crippen LogP contribution in [0.5, 0.6) is 11.5 Å². The van der Waals surface area contributed by atoms with Crippen molar-refractivity contribution in [3.05, 3.63) is 58.1 Å². The van der Waals surface area contributed by atoms with Gasteiger partial charge in [0.25, 0.3) is 0 Å². The Bertz CT molecular complexity index is 691. The van der Waals surface area contributed by atoms with Gasteiger partial charge >= 0.3 is 5.97 Å². The maximum absolute atomic E-state index is 11.5. The van der Waals surface area contributed by atoms with Gasteiger partial charge in [0.05, 0.1) is 18.2 Å². The van der Waals surface area contributed by atoms with Gasteiger partial charge < -0.3 is 14.6 Å². The Balaban J connectivity index is 2.19. The molecule has 0 radical (unpaired) electrons. The average Bonchev–Trinajstić information content (AvgIpc) is 2.56. The molecular weight excluding hydrogens is 374 g/mol. The van der Waals surface area contributed by atoms with Crippen molar-refractivity contribution in [2.75, 3.05) is 13.7 Å². The van der Waals surface area contributed by atoms with E-state index in [4.69, 9.17) is 9.47 Å². The maximum atomic E-state index is 11.5. The van der Waals surface area contributed by atoms with Crippen molar-refractivity contribution in [2.24, 2.45) is 0 Å². The molecule has 0 fully saturated rings. The third-order valence-electron chi connectivity index (χ3n) is 3.46. The summed E-state index contributed by atoms with van der Waals surface area (Å²) in [4.78, 5) is 11.5. The summed E-state index contributed by atoms with van der Waals surface area (Å²) in [6.07, 6.45) is 0. The number of rotatable bonds is 8. The third-order valence-corrected chi connectivity index (χ3v) is 4.05. The zero-order valence-corrected chi connectivity index (χ0v) is 15.2. The van der Waals surface area contributed by atoms with Crippen molar-refractivity contribution in [1.29, 1.82) is 0 Å². The number of halogens is 1. The van der Waals surface area contributed by atoms with Crippen LogP contribution in [0, 0.1) is 0 Å². The molecule has 1 atom stereocenters. The van der Waals surface area contributed by atoms with Gasteiger partial charge in [0.1, 0.15) is 6.04 Å². The molecule has 2 aromatic carbocycles. The lowest BCUT2D eigenvalue weighted by molar-refractivity contribution is -0.139. The molecule has 0 saturated carbocycles. The Morgan fingerprint density at radius 1 is 1.29 bits per heavy atom. The molecule has 0 bridgehead atoms. The van der Waals surface area contributed by atoms with E-state index in [2.05, 4.69) is 21.2 Å². The van der Waals surface area contributed by atoms with Gasteiger partial charge in [0.15, 0.2) is 11.5 Å². The normalized spacial score (nSPS) is 11.8. The number of ether oxygens (including phenoxy) is 2. The zero-order valence-electron chi connectivity index (χ0n) is 13.6. The van der Waals surface area contributed by atoms with Crippen LogP contribution in [0.3, 0.4) is 0 Å². The molecule has 0 aliphatic carbocycles. The van der Waals surface area contributed by atoms with E-state index in [-0.39, 0.29) is 0 Å². The van der Waals surface area contributed by atoms with E-state index in [1.807, 2.05) is 37.3 Å². The molecule has 24 heavy (non-hydrogen) atoms. The number of nitrogens with one attached hydrogen (secondary N) is 1. The average molecular weight is 394 g/mol. The Kier molecular flexibility index (Phi) is 6.63. The highest BCUT2D eigenvalue weighted by Crippen LogP contribution is 2.36. The third kappa shape index (κ3) is 4.49. The van der Waals surface area contributed by atoms with Gasteiger partial charge in [-0.2, -0.15) is 0 Å². The lowest BCUT2D eigenvalue weighted by Gasteiger charge is -2.17. The van der Waals surface area contributed by atoms with Gasteiger partial charge in [0.2, 0.25) is 0 Å². The summed E-state index contributed by atoms with van der Waals surface area (Å²) in [6.45, 7) is 2.80. The SMILES string of the molecule is CCOc1cc(CN[C@@H](C(=O)O)c2ccccc2)cc(Br)c1OC. The number of carboxylic acid groups (broad SMARTS) is 1. The summed E-state index contributed by atoms with van der Waals surface area (Å²) in [5, 5.41) is 12.5. The molecule has 0 amide bonds. The maximum Gasteiger partial charge on any atom is 0.325 e. The Labute approximate surface area is 149 Å². The molecule has 0 spiro atoms. The molecule has 0 aromatic heterocycles. The summed E-state index contributed by atoms with van der Waals surface area (Å²) in [7, 11) is 1.58. The van der Waals surface area contributed by atoms with Crippen LogP contribution >= 0.6 is 15.9 Å². The minimum absolute atomic E-state index is 0.383. The minimum atomic E-state index is -0.918. The highest BCUT2D eigenvalue weighted by molar-refractivity contribution is 9.10. The lowest BCUT2D eigenvalue weighted by Crippen LogP contribution is -2.28. The van der Waals surface area contributed by atoms with Crippen LogP contribution in [0.15, 0.2) is 46.9 Å². The van der Waals surface area contributed by atoms with Crippen LogP contribution in [0.2, 0.25) is 0 Å². The van der Waals surface area contributed by atoms with Gasteiger partial charge in [-0.25, -0.2) is 0 Å². The van der Waals surface area contributed by atoms with E-state index in [9.17, 15) is 9.90 Å². The topological polar surface area (TPSA) is 67.8 Å². The fourth-order valence-electron chi connectivity index (χ4n) is 2.40. The van der Waals surface area contributed by atoms with E-state index in [0.717, 1.165) is 10.0 Å². The number of hydrogen-bond acceptors (Lipinski definition) is 4. The fourth-order valence-corrected chi connectivity index (χ4v) is 3.05. The van der Waals surface area contributed by atoms with Crippen molar-refractivity contribution < 1.29 is 19.4 Å². The monoisotopic (exact) mass is 393 g/mol. The molecule has 0 unspecified atom stereocenters. The molecule has 6 heteroatoms. The number of carboxylic acids is 1. The van der Waals surface area contributed by atoms with Crippen LogP contribution in [0.4, 0.5) is 0 Å². The van der Waals surface area contributed by atoms with Gasteiger partial charge in [-0.05, 0) is 46.1 Å². The number of hydrogen-bond donors (Lipinski definition) is 2. The van der Waals surface area contributed by atoms with Crippen molar-refractivity contribution in [3.63, 3.8) is 0 Å². The molecule has 0 aliphatic heterocycles. The van der Waals surface area contributed by atoms with Crippen molar-refractivity contribution in [3.8, 4) is 11.5 Å². The summed E-state index contributed by atoms with van der Waals surface area (Å²) >= 11 is 3.46. The molecule has 128 valence electrons. The fraction of sp³-hybridized carbons (Fsp3) is 0.278. The summed E-state index contributed by atoms with van der Waals surface area (Å²) in [6, 6.07) is 12.1. The molecule has 0 aliphatic rings. The molecule has 2 rings (SSSR count). The summed E-state index contributed by atoms with van der Waals surface area (Å²) < 4.78 is 11.7. The lowest BCUT2D eigenvalue weighted by atomic mass is 10.1. The van der Waals surface area contributed by atoms with Crippen molar-refractivity contribution in [2.45, 2.75) is 19.5 Å². The van der Waals surface area contributed by atoms with Crippen molar-refractivity contribution >= 4 is 21.9 Å². The van der Waals surface area contributed by atoms with E-state index in [0.29, 0.717) is 30.2 Å². The number of methoxy groups -OCH3 is 1. The molecule has 5 nitrogen and oxygen atoms in total. The summed E-state index contributed by atoms with van der Waals surface area (Å²) in [5.74, 6) is 0.329. The van der Waals surface area contributed by atoms with Crippen LogP contribution in [0.1, 0.15) is 24.1 Å². The quantitative estimate of drug-likeness (QED) is 0.714. The highest BCUT2D eigenvalue weighted by atomic mass is 79.9. The molecule has 2 N–H and O–H groups in total. The van der Waals surface area contributed by atoms with Crippen LogP contribution in [0.25, 0.3) is 0 Å². The van der Waals surface area contributed by atoms with E-state index < -0.39 is 12.0 Å². The largest absolute Gasteiger partial charge is 0.492 e. The standard InChI is InChI=1S/C18H20BrNO4/c1-3-24-15-10-12(9-14(19)17(15)23-2)11-20-16(18(21)22)13-7-5-4-6-8-13/h4-10,16,20H,3,11H2,1-2H3,(H,21,22)/t16-/m1/s1. The predicted octanol–water partition coefficient (Wildman–Crippen LogP) is 3.77. The summed E-state index contributed by atoms with van der Waals surface area (Å²) in [5.41, 5.74) is 1.61. The van der Waals surface area contributed by atoms with E-state index in [1.165, 1.54) is 0 Å². The Morgan fingerprint density at radius 3 is 2.58 bits per heavy atom. The minimum Gasteiger partial charge on any atom is -0.492 e. The first-order valence-corrected chi connectivity index (χ1v) is 8.36. The van der Waals surface area contributed by atoms with Crippen LogP contribution < -0.4 is 14.8 Å². The number of aliphatic carboxylic acids is 1. The Morgan fingerprint density at radius 2 is 2.00 bits per heavy atom. The number of benzene rings is 2.